The molecule has 0 fully saturated rings. The first-order valence-corrected chi connectivity index (χ1v) is 11.9. The maximum absolute atomic E-state index is 12.1. The Bertz CT molecular complexity index is 1090. The third-order valence-corrected chi connectivity index (χ3v) is 7.01. The van der Waals surface area contributed by atoms with Crippen LogP contribution in [0.5, 0.6) is 0 Å². The van der Waals surface area contributed by atoms with Gasteiger partial charge in [0.1, 0.15) is 0 Å². The number of hydrogen-bond acceptors (Lipinski definition) is 5. The second-order valence-corrected chi connectivity index (χ2v) is 10.1. The molecule has 2 aromatic rings. The van der Waals surface area contributed by atoms with Crippen molar-refractivity contribution >= 4 is 68.0 Å². The van der Waals surface area contributed by atoms with Crippen LogP contribution >= 0.6 is 35.8 Å². The van der Waals surface area contributed by atoms with Gasteiger partial charge in [-0.1, -0.05) is 29.4 Å². The number of nitrogens with zero attached hydrogens (tertiary/aromatic N) is 3. The molecule has 1 atom stereocenters. The summed E-state index contributed by atoms with van der Waals surface area (Å²) < 4.78 is 25.6. The first-order valence-electron chi connectivity index (χ1n) is 8.73. The third kappa shape index (κ3) is 4.71. The van der Waals surface area contributed by atoms with Crippen LogP contribution < -0.4 is 9.73 Å². The van der Waals surface area contributed by atoms with Crippen molar-refractivity contribution in [1.82, 2.24) is 5.43 Å². The van der Waals surface area contributed by atoms with E-state index in [1.54, 1.807) is 23.9 Å². The second kappa shape index (κ2) is 8.55. The number of hydrazone groups is 1. The number of amidine groups is 1. The summed E-state index contributed by atoms with van der Waals surface area (Å²) in [6.45, 7) is 1.93. The topological polar surface area (TPSA) is 74.1 Å². The van der Waals surface area contributed by atoms with Gasteiger partial charge in [0.05, 0.1) is 23.3 Å². The molecule has 0 saturated carbocycles. The third-order valence-electron chi connectivity index (χ3n) is 4.61. The SMILES string of the molecule is CC1Cc2cc(C3=NNC(=Nc4ccc(Cl)cc4)SC3)ccc2N1S(C)(=O)=O.Cl. The fourth-order valence-corrected chi connectivity index (χ4v) is 5.62. The Morgan fingerprint density at radius 3 is 2.59 bits per heavy atom. The van der Waals surface area contributed by atoms with Crippen LogP contribution in [0.2, 0.25) is 5.02 Å². The highest BCUT2D eigenvalue weighted by molar-refractivity contribution is 8.14. The molecule has 154 valence electrons. The van der Waals surface area contributed by atoms with Crippen molar-refractivity contribution in [1.29, 1.82) is 0 Å². The van der Waals surface area contributed by atoms with E-state index in [-0.39, 0.29) is 18.4 Å². The van der Waals surface area contributed by atoms with Gasteiger partial charge in [-0.2, -0.15) is 5.10 Å². The summed E-state index contributed by atoms with van der Waals surface area (Å²) in [6.07, 6.45) is 1.95. The fraction of sp³-hybridized carbons (Fsp3) is 0.263. The molecule has 0 radical (unpaired) electrons. The smallest absolute Gasteiger partial charge is 0.232 e. The number of hydrogen-bond donors (Lipinski definition) is 1. The predicted molar refractivity (Wildman–Crippen MR) is 125 cm³/mol. The summed E-state index contributed by atoms with van der Waals surface area (Å²) >= 11 is 7.47. The van der Waals surface area contributed by atoms with E-state index in [9.17, 15) is 8.42 Å². The lowest BCUT2D eigenvalue weighted by molar-refractivity contribution is 0.590. The first kappa shape index (κ1) is 22.0. The van der Waals surface area contributed by atoms with E-state index in [1.165, 1.54) is 10.6 Å². The Kier molecular flexibility index (Phi) is 6.48. The van der Waals surface area contributed by atoms with Crippen molar-refractivity contribution in [3.05, 3.63) is 58.6 Å². The molecule has 0 amide bonds. The zero-order valence-corrected chi connectivity index (χ0v) is 19.0. The van der Waals surface area contributed by atoms with Gasteiger partial charge in [-0.3, -0.25) is 9.73 Å². The lowest BCUT2D eigenvalue weighted by Gasteiger charge is -2.22. The van der Waals surface area contributed by atoms with Gasteiger partial charge in [-0.05, 0) is 60.9 Å². The number of sulfonamides is 1. The van der Waals surface area contributed by atoms with Gasteiger partial charge in [-0.25, -0.2) is 13.4 Å². The molecule has 29 heavy (non-hydrogen) atoms. The van der Waals surface area contributed by atoms with Crippen LogP contribution in [-0.2, 0) is 16.4 Å². The van der Waals surface area contributed by atoms with E-state index in [4.69, 9.17) is 11.6 Å². The van der Waals surface area contributed by atoms with Crippen molar-refractivity contribution in [2.75, 3.05) is 16.3 Å². The van der Waals surface area contributed by atoms with Crippen molar-refractivity contribution in [2.24, 2.45) is 10.1 Å². The number of nitrogens with one attached hydrogen (secondary N) is 1. The van der Waals surface area contributed by atoms with Crippen LogP contribution in [0.25, 0.3) is 0 Å². The van der Waals surface area contributed by atoms with Crippen LogP contribution in [0.3, 0.4) is 0 Å². The molecule has 0 saturated heterocycles. The van der Waals surface area contributed by atoms with Gasteiger partial charge in [0.25, 0.3) is 0 Å². The monoisotopic (exact) mass is 470 g/mol. The van der Waals surface area contributed by atoms with Crippen LogP contribution in [0.4, 0.5) is 11.4 Å². The van der Waals surface area contributed by atoms with Gasteiger partial charge in [0.2, 0.25) is 10.0 Å². The molecule has 0 aromatic heterocycles. The van der Waals surface area contributed by atoms with Crippen molar-refractivity contribution < 1.29 is 8.42 Å². The lowest BCUT2D eigenvalue weighted by Crippen LogP contribution is -2.34. The van der Waals surface area contributed by atoms with Crippen molar-refractivity contribution in [3.8, 4) is 0 Å². The lowest BCUT2D eigenvalue weighted by atomic mass is 10.0. The van der Waals surface area contributed by atoms with Crippen molar-refractivity contribution in [3.63, 3.8) is 0 Å². The standard InChI is InChI=1S/C19H19ClN4O2S2.ClH/c1-12-9-14-10-13(3-8-18(14)24(12)28(2,25)26)17-11-27-19(23-22-17)21-16-6-4-15(20)5-7-16;/h3-8,10,12H,9,11H2,1-2H3,(H,21,23);1H. The molecule has 0 aliphatic carbocycles. The highest BCUT2D eigenvalue weighted by Gasteiger charge is 2.32. The number of anilines is 1. The van der Waals surface area contributed by atoms with Gasteiger partial charge < -0.3 is 0 Å². The predicted octanol–water partition coefficient (Wildman–Crippen LogP) is 4.20. The summed E-state index contributed by atoms with van der Waals surface area (Å²) in [5, 5.41) is 5.87. The van der Waals surface area contributed by atoms with Crippen LogP contribution in [0, 0.1) is 0 Å². The molecular weight excluding hydrogens is 451 g/mol. The number of fused-ring (bicyclic) bond motifs is 1. The molecule has 4 rings (SSSR count). The maximum atomic E-state index is 12.1. The zero-order valence-electron chi connectivity index (χ0n) is 15.8. The Labute approximate surface area is 185 Å². The second-order valence-electron chi connectivity index (χ2n) is 6.81. The van der Waals surface area contributed by atoms with Gasteiger partial charge in [0.15, 0.2) is 5.17 Å². The van der Waals surface area contributed by atoms with E-state index >= 15 is 0 Å². The summed E-state index contributed by atoms with van der Waals surface area (Å²) in [4.78, 5) is 4.52. The van der Waals surface area contributed by atoms with Gasteiger partial charge in [0, 0.05) is 16.8 Å². The average molecular weight is 471 g/mol. The summed E-state index contributed by atoms with van der Waals surface area (Å²) in [7, 11) is -3.28. The summed E-state index contributed by atoms with van der Waals surface area (Å²) in [6, 6.07) is 13.1. The van der Waals surface area contributed by atoms with E-state index in [1.807, 2.05) is 37.3 Å². The highest BCUT2D eigenvalue weighted by Crippen LogP contribution is 2.35. The average Bonchev–Trinajstić information content (AvgIpc) is 2.99. The minimum absolute atomic E-state index is 0. The van der Waals surface area contributed by atoms with Crippen LogP contribution in [-0.4, -0.2) is 37.3 Å². The van der Waals surface area contributed by atoms with E-state index in [0.717, 1.165) is 33.4 Å². The molecular formula is C19H20Cl2N4O2S2. The van der Waals surface area contributed by atoms with Crippen molar-refractivity contribution in [2.45, 2.75) is 19.4 Å². The first-order chi connectivity index (χ1) is 13.3. The Balaban J connectivity index is 0.00000240. The molecule has 2 aromatic carbocycles. The molecule has 1 unspecified atom stereocenters. The Morgan fingerprint density at radius 1 is 1.24 bits per heavy atom. The summed E-state index contributed by atoms with van der Waals surface area (Å²) in [5.41, 5.74) is 7.51. The maximum Gasteiger partial charge on any atom is 0.232 e. The van der Waals surface area contributed by atoms with Gasteiger partial charge >= 0.3 is 0 Å². The minimum atomic E-state index is -3.28. The number of benzene rings is 2. The van der Waals surface area contributed by atoms with E-state index < -0.39 is 10.0 Å². The molecule has 10 heteroatoms. The molecule has 2 aliphatic rings. The normalized spacial score (nSPS) is 20.0. The molecule has 1 N–H and O–H groups in total. The molecule has 2 aliphatic heterocycles. The number of halogens is 2. The molecule has 0 bridgehead atoms. The zero-order chi connectivity index (χ0) is 19.9. The minimum Gasteiger partial charge on any atom is -0.267 e. The largest absolute Gasteiger partial charge is 0.267 e. The van der Waals surface area contributed by atoms with Crippen LogP contribution in [0.1, 0.15) is 18.1 Å². The molecule has 0 spiro atoms. The van der Waals surface area contributed by atoms with E-state index in [2.05, 4.69) is 15.5 Å². The number of thioether (sulfide) groups is 1. The van der Waals surface area contributed by atoms with E-state index in [0.29, 0.717) is 17.2 Å². The molecule has 2 heterocycles. The van der Waals surface area contributed by atoms with Gasteiger partial charge in [-0.15, -0.1) is 12.4 Å². The van der Waals surface area contributed by atoms with Crippen LogP contribution in [0.15, 0.2) is 52.6 Å². The molecule has 6 nitrogen and oxygen atoms in total. The number of aliphatic imine (C=N–C) groups is 1. The highest BCUT2D eigenvalue weighted by atomic mass is 35.5. The Morgan fingerprint density at radius 2 is 1.97 bits per heavy atom. The quantitative estimate of drug-likeness (QED) is 0.728. The summed E-state index contributed by atoms with van der Waals surface area (Å²) in [5.74, 6) is 0.684. The Hall–Kier alpha value is -1.74. The number of rotatable bonds is 3. The fourth-order valence-electron chi connectivity index (χ4n) is 3.44.